The maximum atomic E-state index is 15.7. The van der Waals surface area contributed by atoms with Crippen molar-refractivity contribution in [2.45, 2.75) is 168 Å². The van der Waals surface area contributed by atoms with Crippen LogP contribution in [0.4, 0.5) is 22.8 Å². The first-order valence-electron chi connectivity index (χ1n) is 24.8. The van der Waals surface area contributed by atoms with Gasteiger partial charge in [-0.3, -0.25) is 29.0 Å². The molecule has 0 saturated carbocycles. The smallest absolute Gasteiger partial charge is 0.410 e. The zero-order valence-corrected chi connectivity index (χ0v) is 43.8. The van der Waals surface area contributed by atoms with E-state index in [1.807, 2.05) is 0 Å². The third-order valence-corrected chi connectivity index (χ3v) is 13.5. The summed E-state index contributed by atoms with van der Waals surface area (Å²) in [6.45, 7) is 18.8. The minimum absolute atomic E-state index is 0.00318. The summed E-state index contributed by atoms with van der Waals surface area (Å²) in [5.41, 5.74) is 0.742. The molecule has 17 nitrogen and oxygen atoms in total. The molecule has 4 aromatic rings. The van der Waals surface area contributed by atoms with Crippen LogP contribution in [0.5, 0.6) is 0 Å². The highest BCUT2D eigenvalue weighted by molar-refractivity contribution is 5.94. The van der Waals surface area contributed by atoms with Crippen molar-refractivity contribution < 1.29 is 51.4 Å². The lowest BCUT2D eigenvalue weighted by Gasteiger charge is -2.33. The molecule has 2 aromatic carbocycles. The van der Waals surface area contributed by atoms with E-state index in [1.165, 1.54) is 55.1 Å². The highest BCUT2D eigenvalue weighted by Gasteiger charge is 2.42. The summed E-state index contributed by atoms with van der Waals surface area (Å²) in [6, 6.07) is 3.31. The SMILES string of the molecule is CC[C@H](NC(=O)[C@H](C)N(C)C(=O)OC(C)(C)C)C(=O)N1CCC[C@H]1Cc1c(-c2nc3cc(F)ccc3n2C[C@@H]2C[C@H](F)CN2C(=O)[C@@H](NC(=O)[C@H](C)N(C)C(=O)OC(C)(C)C)C(C)C)[nH]c2cc(F)ccc12. The highest BCUT2D eigenvalue weighted by Crippen LogP contribution is 2.37. The van der Waals surface area contributed by atoms with E-state index in [0.29, 0.717) is 52.9 Å². The normalized spacial score (nSPS) is 19.0. The van der Waals surface area contributed by atoms with E-state index in [0.717, 1.165) is 4.90 Å². The molecule has 0 unspecified atom stereocenters. The number of aromatic nitrogens is 3. The number of rotatable bonds is 15. The standard InChI is InChI=1S/C52H72F3N9O8/c1-14-38(58-45(65)29(4)60(12)49(69)71-51(6,7)8)47(67)62-21-15-16-34(62)25-37-36-19-17-31(53)23-39(36)56-43(37)44-57-40-24-32(54)18-20-41(40)64(44)27-35-22-33(55)26-63(35)48(68)42(28(2)3)59-46(66)30(5)61(13)50(70)72-52(9,10)11/h17-20,23-24,28-30,33-35,38,42,56H,14-16,21-22,25-27H2,1-13H3,(H,58,65)(H,59,66)/t29-,30-,33-,34-,35-,38-,42-/m0/s1. The molecule has 7 atom stereocenters. The van der Waals surface area contributed by atoms with Gasteiger partial charge in [-0.05, 0) is 123 Å². The topological polar surface area (TPSA) is 192 Å². The number of likely N-dealkylation sites (N-methyl/N-ethyl adjacent to an activating group) is 2. The molecule has 0 spiro atoms. The summed E-state index contributed by atoms with van der Waals surface area (Å²) in [6.07, 6.45) is -1.08. The molecule has 72 heavy (non-hydrogen) atoms. The summed E-state index contributed by atoms with van der Waals surface area (Å²) in [5.74, 6) is -3.15. The number of carbonyl (C=O) groups is 6. The highest BCUT2D eigenvalue weighted by atomic mass is 19.1. The minimum Gasteiger partial charge on any atom is -0.444 e. The fourth-order valence-corrected chi connectivity index (χ4v) is 9.33. The van der Waals surface area contributed by atoms with Crippen molar-refractivity contribution in [3.63, 3.8) is 0 Å². The van der Waals surface area contributed by atoms with E-state index in [9.17, 15) is 37.5 Å². The second-order valence-electron chi connectivity index (χ2n) is 21.6. The van der Waals surface area contributed by atoms with E-state index in [1.54, 1.807) is 90.8 Å². The van der Waals surface area contributed by atoms with Gasteiger partial charge in [0, 0.05) is 56.6 Å². The van der Waals surface area contributed by atoms with Crippen LogP contribution >= 0.6 is 0 Å². The monoisotopic (exact) mass is 1010 g/mol. The van der Waals surface area contributed by atoms with Gasteiger partial charge in [0.1, 0.15) is 53.2 Å². The molecular weight excluding hydrogens is 936 g/mol. The predicted octanol–water partition coefficient (Wildman–Crippen LogP) is 7.48. The average molecular weight is 1010 g/mol. The number of fused-ring (bicyclic) bond motifs is 2. The molecule has 2 aromatic heterocycles. The van der Waals surface area contributed by atoms with Crippen molar-refractivity contribution in [3.05, 3.63) is 53.6 Å². The van der Waals surface area contributed by atoms with E-state index < -0.39 is 95.0 Å². The van der Waals surface area contributed by atoms with Gasteiger partial charge >= 0.3 is 12.2 Å². The number of alkyl halides is 1. The van der Waals surface area contributed by atoms with Crippen LogP contribution in [0.3, 0.4) is 0 Å². The summed E-state index contributed by atoms with van der Waals surface area (Å²) >= 11 is 0. The quantitative estimate of drug-likeness (QED) is 0.108. The van der Waals surface area contributed by atoms with Gasteiger partial charge in [-0.25, -0.2) is 27.7 Å². The van der Waals surface area contributed by atoms with Crippen molar-refractivity contribution in [1.82, 2.24) is 44.8 Å². The maximum absolute atomic E-state index is 15.7. The van der Waals surface area contributed by atoms with Gasteiger partial charge in [0.2, 0.25) is 23.6 Å². The van der Waals surface area contributed by atoms with Crippen LogP contribution in [-0.4, -0.2) is 151 Å². The van der Waals surface area contributed by atoms with Gasteiger partial charge in [-0.15, -0.1) is 0 Å². The third kappa shape index (κ3) is 12.5. The van der Waals surface area contributed by atoms with Gasteiger partial charge < -0.3 is 39.5 Å². The Kier molecular flexibility index (Phi) is 16.6. The summed E-state index contributed by atoms with van der Waals surface area (Å²) in [4.78, 5) is 95.5. The number of aromatic amines is 1. The van der Waals surface area contributed by atoms with Crippen molar-refractivity contribution in [2.24, 2.45) is 5.92 Å². The van der Waals surface area contributed by atoms with Gasteiger partial charge in [-0.1, -0.05) is 20.8 Å². The molecule has 4 heterocycles. The number of nitrogens with one attached hydrogen (secondary N) is 3. The van der Waals surface area contributed by atoms with Crippen molar-refractivity contribution in [2.75, 3.05) is 27.2 Å². The van der Waals surface area contributed by atoms with Crippen LogP contribution in [-0.2, 0) is 41.6 Å². The lowest BCUT2D eigenvalue weighted by Crippen LogP contribution is -2.57. The number of likely N-dealkylation sites (tertiary alicyclic amines) is 2. The molecule has 20 heteroatoms. The lowest BCUT2D eigenvalue weighted by molar-refractivity contribution is -0.139. The van der Waals surface area contributed by atoms with E-state index in [-0.39, 0.29) is 49.8 Å². The number of hydrogen-bond donors (Lipinski definition) is 3. The van der Waals surface area contributed by atoms with Crippen LogP contribution < -0.4 is 10.6 Å². The van der Waals surface area contributed by atoms with Crippen LogP contribution in [0.2, 0.25) is 0 Å². The molecule has 2 saturated heterocycles. The van der Waals surface area contributed by atoms with Gasteiger partial charge in [0.05, 0.1) is 29.3 Å². The Morgan fingerprint density at radius 2 is 1.40 bits per heavy atom. The third-order valence-electron chi connectivity index (χ3n) is 13.5. The van der Waals surface area contributed by atoms with Gasteiger partial charge in [0.25, 0.3) is 0 Å². The molecule has 2 fully saturated rings. The fraction of sp³-hybridized carbons (Fsp3) is 0.596. The zero-order chi connectivity index (χ0) is 53.3. The summed E-state index contributed by atoms with van der Waals surface area (Å²) in [5, 5.41) is 6.30. The van der Waals surface area contributed by atoms with Crippen LogP contribution in [0.25, 0.3) is 33.5 Å². The number of amides is 6. The number of halogens is 3. The van der Waals surface area contributed by atoms with Crippen LogP contribution in [0.1, 0.15) is 107 Å². The maximum Gasteiger partial charge on any atom is 0.410 e. The Balaban J connectivity index is 1.31. The molecular formula is C52H72F3N9O8. The number of carbonyl (C=O) groups excluding carboxylic acids is 6. The Morgan fingerprint density at radius 1 is 0.819 bits per heavy atom. The molecule has 0 aliphatic carbocycles. The number of H-pyrrole nitrogens is 1. The Morgan fingerprint density at radius 3 is 1.99 bits per heavy atom. The lowest BCUT2D eigenvalue weighted by atomic mass is 9.99. The second-order valence-corrected chi connectivity index (χ2v) is 21.6. The second kappa shape index (κ2) is 21.8. The van der Waals surface area contributed by atoms with Crippen molar-refractivity contribution >= 4 is 57.8 Å². The summed E-state index contributed by atoms with van der Waals surface area (Å²) in [7, 11) is 2.88. The molecule has 2 aliphatic rings. The molecule has 6 rings (SSSR count). The molecule has 0 bridgehead atoms. The predicted molar refractivity (Wildman–Crippen MR) is 266 cm³/mol. The number of nitrogens with zero attached hydrogens (tertiary/aromatic N) is 6. The average Bonchev–Trinajstić information content (AvgIpc) is 4.08. The van der Waals surface area contributed by atoms with Gasteiger partial charge in [-0.2, -0.15) is 0 Å². The Labute approximate surface area is 419 Å². The fourth-order valence-electron chi connectivity index (χ4n) is 9.33. The molecule has 6 amide bonds. The van der Waals surface area contributed by atoms with E-state index in [4.69, 9.17) is 14.5 Å². The summed E-state index contributed by atoms with van der Waals surface area (Å²) < 4.78 is 58.4. The molecule has 3 N–H and O–H groups in total. The minimum atomic E-state index is -1.42. The van der Waals surface area contributed by atoms with E-state index >= 15 is 4.39 Å². The number of benzene rings is 2. The number of ether oxygens (including phenoxy) is 2. The molecule has 2 aliphatic heterocycles. The number of imidazole rings is 1. The van der Waals surface area contributed by atoms with Crippen LogP contribution in [0.15, 0.2) is 36.4 Å². The first-order valence-corrected chi connectivity index (χ1v) is 24.8. The molecule has 0 radical (unpaired) electrons. The van der Waals surface area contributed by atoms with Crippen LogP contribution in [0, 0.1) is 17.6 Å². The largest absolute Gasteiger partial charge is 0.444 e. The Bertz CT molecular complexity index is 2670. The van der Waals surface area contributed by atoms with Crippen molar-refractivity contribution in [3.8, 4) is 11.5 Å². The van der Waals surface area contributed by atoms with E-state index in [2.05, 4.69) is 15.6 Å². The zero-order valence-electron chi connectivity index (χ0n) is 43.8. The Hall–Kier alpha value is -6.34. The van der Waals surface area contributed by atoms with Gasteiger partial charge in [0.15, 0.2) is 5.82 Å². The first-order chi connectivity index (χ1) is 33.6. The molecule has 394 valence electrons. The first kappa shape index (κ1) is 55.0. The number of hydrogen-bond acceptors (Lipinski definition) is 9. The van der Waals surface area contributed by atoms with Crippen molar-refractivity contribution in [1.29, 1.82) is 0 Å².